The van der Waals surface area contributed by atoms with E-state index in [1.165, 1.54) is 0 Å². The van der Waals surface area contributed by atoms with Gasteiger partial charge in [0.2, 0.25) is 0 Å². The maximum Gasteiger partial charge on any atom is 0.256 e. The van der Waals surface area contributed by atoms with E-state index in [9.17, 15) is 15.0 Å². The average molecular weight is 474 g/mol. The van der Waals surface area contributed by atoms with Crippen LogP contribution in [0.1, 0.15) is 27.0 Å². The van der Waals surface area contributed by atoms with E-state index in [4.69, 9.17) is 5.73 Å². The number of nitrogens with two attached hydrogens (primary N) is 1. The number of nitroso groups, excluding NO2 is 1. The summed E-state index contributed by atoms with van der Waals surface area (Å²) in [5.74, 6) is 0.0109. The second-order valence-corrected chi connectivity index (χ2v) is 8.51. The number of primary amides is 1. The number of rotatable bonds is 8. The van der Waals surface area contributed by atoms with Crippen LogP contribution < -0.4 is 21.3 Å². The molecule has 1 aliphatic rings. The number of carbonyl (C=O) groups excluding carboxylic acids is 1. The highest BCUT2D eigenvalue weighted by Crippen LogP contribution is 2.28. The van der Waals surface area contributed by atoms with Crippen LogP contribution in [0.4, 0.5) is 28.7 Å². The van der Waals surface area contributed by atoms with Crippen LogP contribution in [0.3, 0.4) is 0 Å². The fraction of sp³-hybridized carbons (Fsp3) is 0.292. The first-order valence-corrected chi connectivity index (χ1v) is 11.2. The molecule has 180 valence electrons. The van der Waals surface area contributed by atoms with Crippen molar-refractivity contribution in [1.82, 2.24) is 15.1 Å². The molecule has 0 saturated carbocycles. The van der Waals surface area contributed by atoms with Gasteiger partial charge in [-0.3, -0.25) is 9.89 Å². The van der Waals surface area contributed by atoms with Gasteiger partial charge in [0.15, 0.2) is 5.82 Å². The van der Waals surface area contributed by atoms with Crippen molar-refractivity contribution in [2.75, 3.05) is 48.8 Å². The van der Waals surface area contributed by atoms with Gasteiger partial charge >= 0.3 is 0 Å². The summed E-state index contributed by atoms with van der Waals surface area (Å²) in [6, 6.07) is 13.3. The normalized spacial score (nSPS) is 13.8. The monoisotopic (exact) mass is 473 g/mol. The standard InChI is InChI=1S/C24H27N9O2/c1-15-11-16(12-17(13-25)21(15)31-35)14-27-23-20(22(26)34)24(30-29-23)28-18-3-5-19(6-4-18)33-9-7-32(2)8-10-33/h3-6,11-12H,7-10,14H2,1-2H3,(H2,26,34)(H3,27,28,29,30). The molecule has 4 rings (SSSR count). The zero-order valence-electron chi connectivity index (χ0n) is 19.6. The van der Waals surface area contributed by atoms with Gasteiger partial charge in [-0.05, 0) is 60.6 Å². The lowest BCUT2D eigenvalue weighted by molar-refractivity contribution is 0.100. The third kappa shape index (κ3) is 5.23. The van der Waals surface area contributed by atoms with Crippen molar-refractivity contribution < 1.29 is 4.79 Å². The van der Waals surface area contributed by atoms with Crippen LogP contribution in [0, 0.1) is 23.2 Å². The molecule has 1 aliphatic heterocycles. The van der Waals surface area contributed by atoms with Crippen molar-refractivity contribution in [2.45, 2.75) is 13.5 Å². The molecule has 0 bridgehead atoms. The van der Waals surface area contributed by atoms with Crippen LogP contribution in [0.25, 0.3) is 0 Å². The summed E-state index contributed by atoms with van der Waals surface area (Å²) >= 11 is 0. The zero-order chi connectivity index (χ0) is 24.9. The average Bonchev–Trinajstić information content (AvgIpc) is 3.26. The minimum atomic E-state index is -0.646. The number of H-pyrrole nitrogens is 1. The number of aromatic amines is 1. The molecule has 3 aromatic rings. The van der Waals surface area contributed by atoms with Crippen molar-refractivity contribution in [1.29, 1.82) is 5.26 Å². The van der Waals surface area contributed by atoms with Crippen molar-refractivity contribution in [3.05, 3.63) is 63.6 Å². The van der Waals surface area contributed by atoms with E-state index in [1.807, 2.05) is 30.3 Å². The van der Waals surface area contributed by atoms with Crippen molar-refractivity contribution in [3.8, 4) is 6.07 Å². The molecule has 11 heteroatoms. The molecule has 1 amide bonds. The Hall–Kier alpha value is -4.43. The first kappa shape index (κ1) is 23.7. The number of aromatic nitrogens is 2. The third-order valence-corrected chi connectivity index (χ3v) is 6.05. The minimum absolute atomic E-state index is 0.124. The van der Waals surface area contributed by atoms with E-state index in [1.54, 1.807) is 19.1 Å². The van der Waals surface area contributed by atoms with Crippen LogP contribution >= 0.6 is 0 Å². The number of likely N-dealkylation sites (N-methyl/N-ethyl adjacent to an activating group) is 1. The first-order valence-electron chi connectivity index (χ1n) is 11.2. The van der Waals surface area contributed by atoms with Crippen LogP contribution in [-0.4, -0.2) is 54.2 Å². The Morgan fingerprint density at radius 2 is 1.94 bits per heavy atom. The summed E-state index contributed by atoms with van der Waals surface area (Å²) in [5, 5.41) is 25.5. The Labute approximate surface area is 202 Å². The summed E-state index contributed by atoms with van der Waals surface area (Å²) in [4.78, 5) is 27.8. The van der Waals surface area contributed by atoms with Crippen LogP contribution in [0.5, 0.6) is 0 Å². The number of aryl methyl sites for hydroxylation is 1. The fourth-order valence-electron chi connectivity index (χ4n) is 4.11. The topological polar surface area (TPSA) is 156 Å². The maximum absolute atomic E-state index is 12.2. The lowest BCUT2D eigenvalue weighted by Crippen LogP contribution is -2.44. The van der Waals surface area contributed by atoms with Crippen LogP contribution in [-0.2, 0) is 6.54 Å². The van der Waals surface area contributed by atoms with E-state index in [0.29, 0.717) is 11.4 Å². The summed E-state index contributed by atoms with van der Waals surface area (Å²) in [6.45, 7) is 5.99. The molecule has 1 aromatic heterocycles. The quantitative estimate of drug-likeness (QED) is 0.364. The molecule has 2 heterocycles. The Balaban J connectivity index is 1.47. The predicted molar refractivity (Wildman–Crippen MR) is 135 cm³/mol. The second kappa shape index (κ2) is 10.2. The fourth-order valence-corrected chi connectivity index (χ4v) is 4.11. The molecule has 35 heavy (non-hydrogen) atoms. The molecule has 1 saturated heterocycles. The number of hydrogen-bond acceptors (Lipinski definition) is 9. The smallest absolute Gasteiger partial charge is 0.256 e. The van der Waals surface area contributed by atoms with Gasteiger partial charge in [-0.2, -0.15) is 10.4 Å². The summed E-state index contributed by atoms with van der Waals surface area (Å²) in [5.41, 5.74) is 9.41. The Bertz CT molecular complexity index is 1270. The first-order chi connectivity index (χ1) is 16.9. The molecule has 0 radical (unpaired) electrons. The van der Waals surface area contributed by atoms with Gasteiger partial charge in [0, 0.05) is 44.1 Å². The van der Waals surface area contributed by atoms with E-state index in [-0.39, 0.29) is 29.2 Å². The molecule has 1 fully saturated rings. The second-order valence-electron chi connectivity index (χ2n) is 8.51. The van der Waals surface area contributed by atoms with Gasteiger partial charge in [0.25, 0.3) is 5.91 Å². The molecule has 11 nitrogen and oxygen atoms in total. The Kier molecular flexibility index (Phi) is 6.93. The minimum Gasteiger partial charge on any atom is -0.369 e. The van der Waals surface area contributed by atoms with Gasteiger partial charge in [0.05, 0.1) is 5.56 Å². The maximum atomic E-state index is 12.2. The zero-order valence-corrected chi connectivity index (χ0v) is 19.6. The number of anilines is 4. The van der Waals surface area contributed by atoms with E-state index in [2.05, 4.69) is 42.9 Å². The lowest BCUT2D eigenvalue weighted by Gasteiger charge is -2.34. The van der Waals surface area contributed by atoms with Gasteiger partial charge in [0.1, 0.15) is 23.1 Å². The number of hydrogen-bond donors (Lipinski definition) is 4. The molecule has 5 N–H and O–H groups in total. The molecule has 0 spiro atoms. The van der Waals surface area contributed by atoms with Gasteiger partial charge in [-0.1, -0.05) is 6.07 Å². The van der Waals surface area contributed by atoms with Gasteiger partial charge in [-0.15, -0.1) is 4.91 Å². The van der Waals surface area contributed by atoms with Crippen molar-refractivity contribution in [3.63, 3.8) is 0 Å². The van der Waals surface area contributed by atoms with Crippen molar-refractivity contribution in [2.24, 2.45) is 10.9 Å². The molecular weight excluding hydrogens is 446 g/mol. The molecule has 0 atom stereocenters. The van der Waals surface area contributed by atoms with Crippen molar-refractivity contribution >= 4 is 34.6 Å². The number of amides is 1. The summed E-state index contributed by atoms with van der Waals surface area (Å²) < 4.78 is 0. The van der Waals surface area contributed by atoms with Gasteiger partial charge in [-0.25, -0.2) is 0 Å². The lowest BCUT2D eigenvalue weighted by atomic mass is 10.0. The Morgan fingerprint density at radius 3 is 2.57 bits per heavy atom. The largest absolute Gasteiger partial charge is 0.369 e. The molecular formula is C24H27N9O2. The number of carbonyl (C=O) groups is 1. The van der Waals surface area contributed by atoms with Crippen LogP contribution in [0.15, 0.2) is 41.6 Å². The van der Waals surface area contributed by atoms with Crippen LogP contribution in [0.2, 0.25) is 0 Å². The number of nitriles is 1. The SMILES string of the molecule is Cc1cc(CNc2n[nH]c(Nc3ccc(N4CCN(C)CC4)cc3)c2C(N)=O)cc(C#N)c1N=O. The predicted octanol–water partition coefficient (Wildman–Crippen LogP) is 3.19. The molecule has 0 unspecified atom stereocenters. The van der Waals surface area contributed by atoms with E-state index < -0.39 is 5.91 Å². The highest BCUT2D eigenvalue weighted by molar-refractivity contribution is 6.03. The van der Waals surface area contributed by atoms with Gasteiger partial charge < -0.3 is 26.2 Å². The number of nitrogens with zero attached hydrogens (tertiary/aromatic N) is 5. The highest BCUT2D eigenvalue weighted by Gasteiger charge is 2.19. The molecule has 0 aliphatic carbocycles. The number of benzene rings is 2. The molecule has 2 aromatic carbocycles. The Morgan fingerprint density at radius 1 is 1.23 bits per heavy atom. The van der Waals surface area contributed by atoms with E-state index >= 15 is 0 Å². The number of nitrogens with one attached hydrogen (secondary N) is 3. The third-order valence-electron chi connectivity index (χ3n) is 6.05. The van der Waals surface area contributed by atoms with E-state index in [0.717, 1.165) is 43.1 Å². The number of piperazine rings is 1. The highest BCUT2D eigenvalue weighted by atomic mass is 16.3. The summed E-state index contributed by atoms with van der Waals surface area (Å²) in [7, 11) is 2.12. The summed E-state index contributed by atoms with van der Waals surface area (Å²) in [6.07, 6.45) is 0.